The van der Waals surface area contributed by atoms with Crippen molar-refractivity contribution < 1.29 is 9.72 Å². The van der Waals surface area contributed by atoms with Crippen molar-refractivity contribution >= 4 is 34.2 Å². The van der Waals surface area contributed by atoms with Crippen LogP contribution < -0.4 is 10.9 Å². The monoisotopic (exact) mass is 452 g/mol. The molecule has 0 unspecified atom stereocenters. The van der Waals surface area contributed by atoms with E-state index in [1.165, 1.54) is 40.0 Å². The lowest BCUT2D eigenvalue weighted by Gasteiger charge is -2.08. The maximum atomic E-state index is 12.8. The van der Waals surface area contributed by atoms with E-state index in [1.54, 1.807) is 18.2 Å². The van der Waals surface area contributed by atoms with Gasteiger partial charge >= 0.3 is 0 Å². The molecule has 10 nitrogen and oxygen atoms in total. The normalized spacial score (nSPS) is 10.9. The highest BCUT2D eigenvalue weighted by Crippen LogP contribution is 2.17. The molecule has 2 heterocycles. The summed E-state index contributed by atoms with van der Waals surface area (Å²) in [5.74, 6) is -0.564. The van der Waals surface area contributed by atoms with E-state index in [0.29, 0.717) is 22.6 Å². The molecule has 0 saturated carbocycles. The van der Waals surface area contributed by atoms with Gasteiger partial charge in [0.15, 0.2) is 5.65 Å². The van der Waals surface area contributed by atoms with Gasteiger partial charge in [-0.2, -0.15) is 5.10 Å². The summed E-state index contributed by atoms with van der Waals surface area (Å²) in [6.45, 7) is 0.703. The molecular formula is C21H17ClN6O4. The Kier molecular flexibility index (Phi) is 5.95. The van der Waals surface area contributed by atoms with Gasteiger partial charge in [-0.3, -0.25) is 24.3 Å². The Hall–Kier alpha value is -4.05. The summed E-state index contributed by atoms with van der Waals surface area (Å²) in [5, 5.41) is 18.8. The molecule has 0 radical (unpaired) electrons. The number of nitrogens with zero attached hydrogens (tertiary/aromatic N) is 5. The van der Waals surface area contributed by atoms with Crippen molar-refractivity contribution in [1.82, 2.24) is 24.6 Å². The molecule has 2 aromatic carbocycles. The average molecular weight is 453 g/mol. The van der Waals surface area contributed by atoms with Gasteiger partial charge in [-0.15, -0.1) is 0 Å². The zero-order valence-electron chi connectivity index (χ0n) is 16.6. The Labute approximate surface area is 186 Å². The van der Waals surface area contributed by atoms with Crippen molar-refractivity contribution in [2.24, 2.45) is 0 Å². The number of benzene rings is 2. The zero-order chi connectivity index (χ0) is 22.7. The number of para-hydroxylation sites is 1. The number of rotatable bonds is 7. The zero-order valence-corrected chi connectivity index (χ0v) is 17.4. The lowest BCUT2D eigenvalue weighted by atomic mass is 10.1. The van der Waals surface area contributed by atoms with E-state index in [1.807, 2.05) is 12.1 Å². The quantitative estimate of drug-likeness (QED) is 0.339. The van der Waals surface area contributed by atoms with Gasteiger partial charge in [-0.1, -0.05) is 35.9 Å². The van der Waals surface area contributed by atoms with Gasteiger partial charge < -0.3 is 5.32 Å². The van der Waals surface area contributed by atoms with Gasteiger partial charge in [-0.25, -0.2) is 9.67 Å². The minimum absolute atomic E-state index is 0.0233. The molecule has 4 rings (SSSR count). The van der Waals surface area contributed by atoms with E-state index in [0.717, 1.165) is 5.56 Å². The number of nitro benzene ring substituents is 1. The molecule has 0 fully saturated rings. The molecule has 0 aliphatic heterocycles. The van der Waals surface area contributed by atoms with E-state index >= 15 is 0 Å². The molecule has 2 aromatic heterocycles. The number of nitro groups is 1. The van der Waals surface area contributed by atoms with Crippen LogP contribution in [0.1, 0.15) is 15.9 Å². The maximum Gasteiger partial charge on any atom is 0.282 e. The summed E-state index contributed by atoms with van der Waals surface area (Å²) in [4.78, 5) is 40.0. The molecule has 0 saturated heterocycles. The van der Waals surface area contributed by atoms with Crippen molar-refractivity contribution in [3.63, 3.8) is 0 Å². The van der Waals surface area contributed by atoms with Gasteiger partial charge in [0.2, 0.25) is 0 Å². The second-order valence-corrected chi connectivity index (χ2v) is 7.38. The third kappa shape index (κ3) is 4.35. The van der Waals surface area contributed by atoms with Crippen LogP contribution in [0.5, 0.6) is 0 Å². The first-order valence-corrected chi connectivity index (χ1v) is 9.99. The predicted octanol–water partition coefficient (Wildman–Crippen LogP) is 2.63. The Morgan fingerprint density at radius 2 is 2.00 bits per heavy atom. The molecular weight excluding hydrogens is 436 g/mol. The predicted molar refractivity (Wildman–Crippen MR) is 118 cm³/mol. The van der Waals surface area contributed by atoms with Crippen molar-refractivity contribution in [3.8, 4) is 0 Å². The minimum Gasteiger partial charge on any atom is -0.350 e. The van der Waals surface area contributed by atoms with Crippen LogP contribution >= 0.6 is 11.6 Å². The van der Waals surface area contributed by atoms with Crippen molar-refractivity contribution in [2.75, 3.05) is 6.54 Å². The lowest BCUT2D eigenvalue weighted by Crippen LogP contribution is -2.28. The van der Waals surface area contributed by atoms with Crippen molar-refractivity contribution in [2.45, 2.75) is 13.1 Å². The van der Waals surface area contributed by atoms with Gasteiger partial charge in [0.1, 0.15) is 17.3 Å². The largest absolute Gasteiger partial charge is 0.350 e. The minimum atomic E-state index is -0.603. The van der Waals surface area contributed by atoms with Crippen LogP contribution in [0.3, 0.4) is 0 Å². The third-order valence-electron chi connectivity index (χ3n) is 4.82. The van der Waals surface area contributed by atoms with Crippen LogP contribution in [0.15, 0.2) is 65.8 Å². The number of hydrogen-bond acceptors (Lipinski definition) is 6. The molecule has 162 valence electrons. The van der Waals surface area contributed by atoms with E-state index in [4.69, 9.17) is 11.6 Å². The number of amides is 1. The van der Waals surface area contributed by atoms with Crippen molar-refractivity contribution in [3.05, 3.63) is 97.7 Å². The molecule has 1 amide bonds. The van der Waals surface area contributed by atoms with E-state index in [9.17, 15) is 19.7 Å². The molecule has 1 N–H and O–H groups in total. The fraction of sp³-hybridized carbons (Fsp3) is 0.143. The van der Waals surface area contributed by atoms with Crippen LogP contribution in [0.4, 0.5) is 5.69 Å². The molecule has 4 aromatic rings. The number of fused-ring (bicyclic) bond motifs is 1. The Morgan fingerprint density at radius 1 is 1.19 bits per heavy atom. The van der Waals surface area contributed by atoms with Gasteiger partial charge in [0.25, 0.3) is 17.2 Å². The number of carbonyl (C=O) groups excluding carboxylic acids is 1. The molecule has 0 aliphatic rings. The van der Waals surface area contributed by atoms with Crippen LogP contribution in [0.25, 0.3) is 11.0 Å². The smallest absolute Gasteiger partial charge is 0.282 e. The second kappa shape index (κ2) is 8.98. The number of hydrogen-bond donors (Lipinski definition) is 1. The van der Waals surface area contributed by atoms with Crippen LogP contribution in [-0.2, 0) is 13.1 Å². The van der Waals surface area contributed by atoms with E-state index in [2.05, 4.69) is 15.4 Å². The second-order valence-electron chi connectivity index (χ2n) is 6.94. The molecule has 0 atom stereocenters. The van der Waals surface area contributed by atoms with Crippen LogP contribution in [-0.4, -0.2) is 36.7 Å². The maximum absolute atomic E-state index is 12.8. The first-order valence-electron chi connectivity index (χ1n) is 9.61. The summed E-state index contributed by atoms with van der Waals surface area (Å²) in [6.07, 6.45) is 2.87. The van der Waals surface area contributed by atoms with E-state index < -0.39 is 10.8 Å². The summed E-state index contributed by atoms with van der Waals surface area (Å²) >= 11 is 6.00. The van der Waals surface area contributed by atoms with Gasteiger partial charge in [0.05, 0.1) is 24.2 Å². The van der Waals surface area contributed by atoms with E-state index in [-0.39, 0.29) is 29.9 Å². The first kappa shape index (κ1) is 21.2. The SMILES string of the molecule is O=C(NCCn1ncc2c(=O)n(Cc3cccc(Cl)c3)cnc21)c1ccccc1[N+](=O)[O-]. The number of nitrogens with one attached hydrogen (secondary N) is 1. The number of halogens is 1. The third-order valence-corrected chi connectivity index (χ3v) is 5.05. The molecule has 0 bridgehead atoms. The molecule has 0 aliphatic carbocycles. The van der Waals surface area contributed by atoms with Crippen LogP contribution in [0, 0.1) is 10.1 Å². The standard InChI is InChI=1S/C21H17ClN6O4/c22-15-5-3-4-14(10-15)12-26-13-24-19-17(21(26)30)11-25-27(19)9-8-23-20(29)16-6-1-2-7-18(16)28(31)32/h1-7,10-11,13H,8-9,12H2,(H,23,29). The average Bonchev–Trinajstić information content (AvgIpc) is 3.19. The highest BCUT2D eigenvalue weighted by Gasteiger charge is 2.19. The number of carbonyl (C=O) groups is 1. The summed E-state index contributed by atoms with van der Waals surface area (Å²) < 4.78 is 2.97. The lowest BCUT2D eigenvalue weighted by molar-refractivity contribution is -0.385. The Bertz CT molecular complexity index is 1380. The summed E-state index contributed by atoms with van der Waals surface area (Å²) in [7, 11) is 0. The highest BCUT2D eigenvalue weighted by molar-refractivity contribution is 6.30. The first-order chi connectivity index (χ1) is 15.4. The number of aromatic nitrogens is 4. The van der Waals surface area contributed by atoms with Gasteiger partial charge in [-0.05, 0) is 23.8 Å². The van der Waals surface area contributed by atoms with Crippen molar-refractivity contribution in [1.29, 1.82) is 0 Å². The molecule has 0 spiro atoms. The molecule has 32 heavy (non-hydrogen) atoms. The topological polar surface area (TPSA) is 125 Å². The highest BCUT2D eigenvalue weighted by atomic mass is 35.5. The molecule has 11 heteroatoms. The summed E-state index contributed by atoms with van der Waals surface area (Å²) in [6, 6.07) is 12.9. The Balaban J connectivity index is 1.47. The van der Waals surface area contributed by atoms with Crippen LogP contribution in [0.2, 0.25) is 5.02 Å². The summed E-state index contributed by atoms with van der Waals surface area (Å²) in [5.41, 5.74) is 0.717. The Morgan fingerprint density at radius 3 is 2.78 bits per heavy atom. The van der Waals surface area contributed by atoms with Gasteiger partial charge in [0, 0.05) is 17.6 Å². The fourth-order valence-corrected chi connectivity index (χ4v) is 3.51. The fourth-order valence-electron chi connectivity index (χ4n) is 3.30.